The summed E-state index contributed by atoms with van der Waals surface area (Å²) in [6, 6.07) is 18.0. The smallest absolute Gasteiger partial charge is 0.234 e. The fourth-order valence-corrected chi connectivity index (χ4v) is 4.36. The second-order valence-corrected chi connectivity index (χ2v) is 7.66. The first kappa shape index (κ1) is 18.6. The highest BCUT2D eigenvalue weighted by Gasteiger charge is 2.34. The highest BCUT2D eigenvalue weighted by Crippen LogP contribution is 2.38. The quantitative estimate of drug-likeness (QED) is 0.614. The molecule has 144 valence electrons. The van der Waals surface area contributed by atoms with Crippen LogP contribution in [0, 0.1) is 0 Å². The van der Waals surface area contributed by atoms with Gasteiger partial charge in [-0.15, -0.1) is 16.9 Å². The summed E-state index contributed by atoms with van der Waals surface area (Å²) in [7, 11) is 0. The maximum Gasteiger partial charge on any atom is 0.234 e. The Bertz CT molecular complexity index is 944. The molecule has 0 bridgehead atoms. The molecule has 6 nitrogen and oxygen atoms in total. The predicted octanol–water partition coefficient (Wildman–Crippen LogP) is 3.50. The minimum absolute atomic E-state index is 0.101. The minimum Gasteiger partial charge on any atom is -0.494 e. The van der Waals surface area contributed by atoms with Crippen molar-refractivity contribution >= 4 is 17.7 Å². The van der Waals surface area contributed by atoms with Gasteiger partial charge in [-0.1, -0.05) is 47.7 Å². The van der Waals surface area contributed by atoms with Gasteiger partial charge in [-0.2, -0.15) is 0 Å². The van der Waals surface area contributed by atoms with Gasteiger partial charge in [0.2, 0.25) is 5.91 Å². The molecule has 3 aromatic rings. The molecule has 28 heavy (non-hydrogen) atoms. The van der Waals surface area contributed by atoms with E-state index < -0.39 is 0 Å². The normalized spacial score (nSPS) is 16.5. The molecule has 2 aromatic carbocycles. The molecule has 0 aliphatic carbocycles. The topological polar surface area (TPSA) is 60.2 Å². The molecule has 1 saturated heterocycles. The van der Waals surface area contributed by atoms with Crippen LogP contribution in [-0.4, -0.2) is 38.2 Å². The van der Waals surface area contributed by atoms with Gasteiger partial charge in [0, 0.05) is 6.54 Å². The standard InChI is InChI=1S/C21H22N4O2S/c1-2-27-18-10-6-9-17(11-18)12-24-14-19(22-23-24)21-25(20(26)15-28-21)13-16-7-4-3-5-8-16/h3-11,14,21H,2,12-13,15H2,1H3. The maximum absolute atomic E-state index is 12.4. The van der Waals surface area contributed by atoms with Crippen molar-refractivity contribution in [2.45, 2.75) is 25.4 Å². The maximum atomic E-state index is 12.4. The zero-order valence-electron chi connectivity index (χ0n) is 15.7. The summed E-state index contributed by atoms with van der Waals surface area (Å²) < 4.78 is 7.37. The molecule has 1 amide bonds. The molecule has 7 heteroatoms. The molecule has 1 unspecified atom stereocenters. The Morgan fingerprint density at radius 3 is 2.75 bits per heavy atom. The third kappa shape index (κ3) is 4.20. The first-order valence-corrected chi connectivity index (χ1v) is 10.3. The summed E-state index contributed by atoms with van der Waals surface area (Å²) in [5.41, 5.74) is 3.02. The number of ether oxygens (including phenoxy) is 1. The van der Waals surface area contributed by atoms with Crippen LogP contribution in [0.25, 0.3) is 0 Å². The van der Waals surface area contributed by atoms with Crippen LogP contribution in [0.15, 0.2) is 60.8 Å². The van der Waals surface area contributed by atoms with Gasteiger partial charge < -0.3 is 9.64 Å². The zero-order valence-corrected chi connectivity index (χ0v) is 16.5. The fraction of sp³-hybridized carbons (Fsp3) is 0.286. The molecule has 1 atom stereocenters. The van der Waals surface area contributed by atoms with E-state index in [2.05, 4.69) is 10.3 Å². The van der Waals surface area contributed by atoms with E-state index in [9.17, 15) is 4.79 Å². The summed E-state index contributed by atoms with van der Waals surface area (Å²) in [5.74, 6) is 1.46. The van der Waals surface area contributed by atoms with Crippen LogP contribution < -0.4 is 4.74 Å². The van der Waals surface area contributed by atoms with Gasteiger partial charge in [0.25, 0.3) is 0 Å². The summed E-state index contributed by atoms with van der Waals surface area (Å²) in [6.45, 7) is 3.80. The Morgan fingerprint density at radius 1 is 1.11 bits per heavy atom. The molecular weight excluding hydrogens is 372 g/mol. The van der Waals surface area contributed by atoms with Crippen LogP contribution in [-0.2, 0) is 17.9 Å². The zero-order chi connectivity index (χ0) is 19.3. The van der Waals surface area contributed by atoms with E-state index >= 15 is 0 Å². The van der Waals surface area contributed by atoms with E-state index in [1.165, 1.54) is 0 Å². The molecule has 1 aromatic heterocycles. The first-order valence-electron chi connectivity index (χ1n) is 9.29. The number of carbonyl (C=O) groups is 1. The summed E-state index contributed by atoms with van der Waals surface area (Å²) in [5, 5.41) is 8.52. The van der Waals surface area contributed by atoms with Gasteiger partial charge in [0.1, 0.15) is 16.8 Å². The predicted molar refractivity (Wildman–Crippen MR) is 109 cm³/mol. The monoisotopic (exact) mass is 394 g/mol. The van der Waals surface area contributed by atoms with Crippen molar-refractivity contribution in [2.75, 3.05) is 12.4 Å². The Hall–Kier alpha value is -2.80. The average Bonchev–Trinajstić information content (AvgIpc) is 3.30. The molecule has 1 aliphatic heterocycles. The number of nitrogens with zero attached hydrogens (tertiary/aromatic N) is 4. The number of carbonyl (C=O) groups excluding carboxylic acids is 1. The second kappa shape index (κ2) is 8.48. The highest BCUT2D eigenvalue weighted by molar-refractivity contribution is 8.00. The van der Waals surface area contributed by atoms with Gasteiger partial charge in [-0.25, -0.2) is 4.68 Å². The van der Waals surface area contributed by atoms with E-state index in [-0.39, 0.29) is 11.3 Å². The molecule has 1 fully saturated rings. The Morgan fingerprint density at radius 2 is 1.93 bits per heavy atom. The lowest BCUT2D eigenvalue weighted by Crippen LogP contribution is -2.27. The average molecular weight is 395 g/mol. The van der Waals surface area contributed by atoms with E-state index in [1.807, 2.05) is 77.3 Å². The number of hydrogen-bond donors (Lipinski definition) is 0. The van der Waals surface area contributed by atoms with Crippen molar-refractivity contribution in [3.8, 4) is 5.75 Å². The fourth-order valence-electron chi connectivity index (χ4n) is 3.24. The Labute approximate surface area is 168 Å². The van der Waals surface area contributed by atoms with Gasteiger partial charge in [0.15, 0.2) is 0 Å². The summed E-state index contributed by atoms with van der Waals surface area (Å²) >= 11 is 1.60. The van der Waals surface area contributed by atoms with Gasteiger partial charge in [0.05, 0.1) is 25.1 Å². The molecule has 0 saturated carbocycles. The minimum atomic E-state index is -0.101. The molecule has 4 rings (SSSR count). The van der Waals surface area contributed by atoms with Crippen molar-refractivity contribution in [2.24, 2.45) is 0 Å². The molecule has 0 spiro atoms. The van der Waals surface area contributed by atoms with Gasteiger partial charge in [-0.05, 0) is 30.2 Å². The number of rotatable bonds is 7. The van der Waals surface area contributed by atoms with Crippen LogP contribution in [0.1, 0.15) is 29.1 Å². The Balaban J connectivity index is 1.48. The lowest BCUT2D eigenvalue weighted by molar-refractivity contribution is -0.128. The lowest BCUT2D eigenvalue weighted by atomic mass is 10.2. The number of amides is 1. The molecule has 2 heterocycles. The van der Waals surface area contributed by atoms with Crippen LogP contribution in [0.4, 0.5) is 0 Å². The van der Waals surface area contributed by atoms with E-state index in [0.717, 1.165) is 22.6 Å². The van der Waals surface area contributed by atoms with Crippen molar-refractivity contribution < 1.29 is 9.53 Å². The third-order valence-electron chi connectivity index (χ3n) is 4.53. The van der Waals surface area contributed by atoms with Gasteiger partial charge >= 0.3 is 0 Å². The van der Waals surface area contributed by atoms with E-state index in [4.69, 9.17) is 4.74 Å². The van der Waals surface area contributed by atoms with E-state index in [1.54, 1.807) is 11.8 Å². The molecule has 1 aliphatic rings. The molecule has 0 radical (unpaired) electrons. The summed E-state index contributed by atoms with van der Waals surface area (Å²) in [4.78, 5) is 14.3. The van der Waals surface area contributed by atoms with Crippen LogP contribution >= 0.6 is 11.8 Å². The van der Waals surface area contributed by atoms with Crippen molar-refractivity contribution in [1.29, 1.82) is 0 Å². The number of hydrogen-bond acceptors (Lipinski definition) is 5. The third-order valence-corrected chi connectivity index (χ3v) is 5.75. The second-order valence-electron chi connectivity index (χ2n) is 6.59. The summed E-state index contributed by atoms with van der Waals surface area (Å²) in [6.07, 6.45) is 1.93. The first-order chi connectivity index (χ1) is 13.7. The van der Waals surface area contributed by atoms with Crippen LogP contribution in [0.2, 0.25) is 0 Å². The molecule has 0 N–H and O–H groups in total. The van der Waals surface area contributed by atoms with Crippen molar-refractivity contribution in [1.82, 2.24) is 19.9 Å². The molecular formula is C21H22N4O2S. The SMILES string of the molecule is CCOc1cccc(Cn2cc(C3SCC(=O)N3Cc3ccccc3)nn2)c1. The number of benzene rings is 2. The van der Waals surface area contributed by atoms with Crippen molar-refractivity contribution in [3.63, 3.8) is 0 Å². The van der Waals surface area contributed by atoms with Crippen LogP contribution in [0.3, 0.4) is 0 Å². The lowest BCUT2D eigenvalue weighted by Gasteiger charge is -2.22. The van der Waals surface area contributed by atoms with Crippen molar-refractivity contribution in [3.05, 3.63) is 77.6 Å². The van der Waals surface area contributed by atoms with Crippen LogP contribution in [0.5, 0.6) is 5.75 Å². The number of thioether (sulfide) groups is 1. The van der Waals surface area contributed by atoms with Gasteiger partial charge in [-0.3, -0.25) is 4.79 Å². The highest BCUT2D eigenvalue weighted by atomic mass is 32.2. The Kier molecular flexibility index (Phi) is 5.62. The number of aromatic nitrogens is 3. The largest absolute Gasteiger partial charge is 0.494 e. The van der Waals surface area contributed by atoms with E-state index in [0.29, 0.717) is 25.4 Å².